The van der Waals surface area contributed by atoms with Gasteiger partial charge in [-0.3, -0.25) is 9.59 Å². The number of hydrogen-bond acceptors (Lipinski definition) is 7. The average Bonchev–Trinajstić information content (AvgIpc) is 2.95. The van der Waals surface area contributed by atoms with E-state index in [1.807, 2.05) is 63.2 Å². The first-order valence-electron chi connectivity index (χ1n) is 11.2. The van der Waals surface area contributed by atoms with Crippen LogP contribution in [0, 0.1) is 11.8 Å². The van der Waals surface area contributed by atoms with E-state index >= 15 is 0 Å². The molecule has 2 aromatic carbocycles. The quantitative estimate of drug-likeness (QED) is 0.504. The number of allylic oxidation sites excluding steroid dienone is 1. The average molecular weight is 451 g/mol. The van der Waals surface area contributed by atoms with Crippen LogP contribution < -0.4 is 20.1 Å². The predicted octanol–water partition coefficient (Wildman–Crippen LogP) is 4.71. The van der Waals surface area contributed by atoms with Gasteiger partial charge in [0.15, 0.2) is 17.3 Å². The number of Topliss-reactive ketones (excluding diaryl/α,β-unsaturated/α-hetero) is 1. The number of benzene rings is 2. The molecule has 2 N–H and O–H groups in total. The van der Waals surface area contributed by atoms with E-state index in [4.69, 9.17) is 14.2 Å². The normalized spacial score (nSPS) is 21.9. The van der Waals surface area contributed by atoms with E-state index in [0.717, 1.165) is 22.6 Å². The van der Waals surface area contributed by atoms with Gasteiger partial charge < -0.3 is 24.8 Å². The Hall–Kier alpha value is -3.48. The van der Waals surface area contributed by atoms with Crippen LogP contribution >= 0.6 is 0 Å². The van der Waals surface area contributed by atoms with Crippen molar-refractivity contribution in [1.29, 1.82) is 0 Å². The first kappa shape index (κ1) is 22.7. The number of esters is 1. The number of ketones is 1. The minimum absolute atomic E-state index is 0.00614. The molecule has 1 heterocycles. The summed E-state index contributed by atoms with van der Waals surface area (Å²) >= 11 is 0. The molecule has 1 aliphatic heterocycles. The van der Waals surface area contributed by atoms with Gasteiger partial charge in [0.05, 0.1) is 37.7 Å². The van der Waals surface area contributed by atoms with Crippen LogP contribution in [0.25, 0.3) is 0 Å². The lowest BCUT2D eigenvalue weighted by Crippen LogP contribution is -2.39. The molecule has 0 spiro atoms. The maximum absolute atomic E-state index is 13.7. The molecule has 33 heavy (non-hydrogen) atoms. The van der Waals surface area contributed by atoms with Gasteiger partial charge in [-0.15, -0.1) is 0 Å². The number of ether oxygens (including phenoxy) is 3. The van der Waals surface area contributed by atoms with E-state index in [9.17, 15) is 9.59 Å². The zero-order valence-corrected chi connectivity index (χ0v) is 19.6. The predicted molar refractivity (Wildman–Crippen MR) is 127 cm³/mol. The Kier molecular flexibility index (Phi) is 6.31. The molecular formula is C26H30N2O5. The van der Waals surface area contributed by atoms with Crippen molar-refractivity contribution in [3.63, 3.8) is 0 Å². The molecule has 7 heteroatoms. The Morgan fingerprint density at radius 2 is 1.79 bits per heavy atom. The van der Waals surface area contributed by atoms with Gasteiger partial charge in [-0.25, -0.2) is 0 Å². The molecule has 2 aromatic rings. The summed E-state index contributed by atoms with van der Waals surface area (Å²) in [5, 5.41) is 6.97. The lowest BCUT2D eigenvalue weighted by molar-refractivity contribution is -0.151. The Labute approximate surface area is 194 Å². The van der Waals surface area contributed by atoms with E-state index in [2.05, 4.69) is 10.6 Å². The highest BCUT2D eigenvalue weighted by Gasteiger charge is 2.44. The Morgan fingerprint density at radius 3 is 2.45 bits per heavy atom. The summed E-state index contributed by atoms with van der Waals surface area (Å²) in [5.41, 5.74) is 3.94. The van der Waals surface area contributed by atoms with E-state index in [-0.39, 0.29) is 17.8 Å². The number of fused-ring (bicyclic) bond motifs is 1. The van der Waals surface area contributed by atoms with Crippen molar-refractivity contribution < 1.29 is 23.8 Å². The number of carbonyl (C=O) groups is 2. The molecule has 0 amide bonds. The first-order valence-corrected chi connectivity index (χ1v) is 11.2. The third-order valence-corrected chi connectivity index (χ3v) is 6.11. The van der Waals surface area contributed by atoms with Crippen LogP contribution in [0.15, 0.2) is 53.7 Å². The van der Waals surface area contributed by atoms with Crippen molar-refractivity contribution in [2.45, 2.75) is 39.3 Å². The van der Waals surface area contributed by atoms with E-state index in [1.54, 1.807) is 7.11 Å². The summed E-state index contributed by atoms with van der Waals surface area (Å²) in [4.78, 5) is 26.2. The number of methoxy groups -OCH3 is 2. The number of anilines is 2. The van der Waals surface area contributed by atoms with Crippen molar-refractivity contribution in [3.05, 3.63) is 59.3 Å². The molecule has 7 nitrogen and oxygen atoms in total. The minimum atomic E-state index is -0.841. The second-order valence-corrected chi connectivity index (χ2v) is 8.76. The summed E-state index contributed by atoms with van der Waals surface area (Å²) in [5.74, 6) is -0.539. The van der Waals surface area contributed by atoms with Crippen molar-refractivity contribution in [1.82, 2.24) is 0 Å². The summed E-state index contributed by atoms with van der Waals surface area (Å²) in [6, 6.07) is 13.0. The van der Waals surface area contributed by atoms with E-state index in [1.165, 1.54) is 7.11 Å². The molecule has 0 saturated carbocycles. The molecule has 174 valence electrons. The zero-order chi connectivity index (χ0) is 23.7. The third-order valence-electron chi connectivity index (χ3n) is 6.11. The van der Waals surface area contributed by atoms with Crippen LogP contribution in [-0.2, 0) is 14.3 Å². The molecule has 0 aromatic heterocycles. The van der Waals surface area contributed by atoms with Gasteiger partial charge in [0.2, 0.25) is 0 Å². The second kappa shape index (κ2) is 9.17. The smallest absolute Gasteiger partial charge is 0.316 e. The Morgan fingerprint density at radius 1 is 1.06 bits per heavy atom. The highest BCUT2D eigenvalue weighted by Crippen LogP contribution is 2.45. The van der Waals surface area contributed by atoms with Crippen molar-refractivity contribution >= 4 is 23.1 Å². The summed E-state index contributed by atoms with van der Waals surface area (Å²) in [6.45, 7) is 5.81. The lowest BCUT2D eigenvalue weighted by atomic mass is 9.75. The highest BCUT2D eigenvalue weighted by molar-refractivity contribution is 6.11. The maximum atomic E-state index is 13.7. The standard InChI is InChI=1S/C26H30N2O5/c1-14(2)33-20-11-10-16(13-21(20)31-4)24-23-19(27-17-8-6-7-9-18(17)28-24)12-15(3)22(25(23)29)26(30)32-5/h6-11,13-15,22,24,27-28H,12H2,1-5H3/t15-,22+,24+/m0/s1. The molecule has 4 rings (SSSR count). The van der Waals surface area contributed by atoms with Crippen LogP contribution in [0.2, 0.25) is 0 Å². The number of hydrogen-bond donors (Lipinski definition) is 2. The SMILES string of the molecule is COC(=O)[C@H]1C(=O)C2=C(C[C@@H]1C)Nc1ccccc1N[C@@H]2c1ccc(OC(C)C)c(OC)c1. The number of carbonyl (C=O) groups excluding carboxylic acids is 2. The number of nitrogens with one attached hydrogen (secondary N) is 2. The lowest BCUT2D eigenvalue weighted by Gasteiger charge is -2.32. The van der Waals surface area contributed by atoms with Gasteiger partial charge in [0.25, 0.3) is 0 Å². The van der Waals surface area contributed by atoms with Crippen LogP contribution in [0.5, 0.6) is 11.5 Å². The summed E-state index contributed by atoms with van der Waals surface area (Å²) < 4.78 is 16.4. The molecule has 0 unspecified atom stereocenters. The molecule has 2 aliphatic rings. The fourth-order valence-electron chi connectivity index (χ4n) is 4.60. The van der Waals surface area contributed by atoms with Gasteiger partial charge in [-0.05, 0) is 56.0 Å². The zero-order valence-electron chi connectivity index (χ0n) is 19.6. The van der Waals surface area contributed by atoms with E-state index < -0.39 is 17.9 Å². The molecular weight excluding hydrogens is 420 g/mol. The van der Waals surface area contributed by atoms with Gasteiger partial charge in [-0.1, -0.05) is 25.1 Å². The van der Waals surface area contributed by atoms with E-state index in [0.29, 0.717) is 23.5 Å². The topological polar surface area (TPSA) is 85.9 Å². The molecule has 0 bridgehead atoms. The summed E-state index contributed by atoms with van der Waals surface area (Å²) in [7, 11) is 2.91. The molecule has 0 radical (unpaired) electrons. The highest BCUT2D eigenvalue weighted by atomic mass is 16.5. The van der Waals surface area contributed by atoms with Gasteiger partial charge in [-0.2, -0.15) is 0 Å². The number of rotatable bonds is 5. The van der Waals surface area contributed by atoms with Crippen LogP contribution in [-0.4, -0.2) is 32.1 Å². The van der Waals surface area contributed by atoms with Gasteiger partial charge in [0, 0.05) is 11.3 Å². The van der Waals surface area contributed by atoms with Crippen LogP contribution in [0.1, 0.15) is 38.8 Å². The third kappa shape index (κ3) is 4.27. The molecule has 0 saturated heterocycles. The first-order chi connectivity index (χ1) is 15.8. The fourth-order valence-corrected chi connectivity index (χ4v) is 4.60. The monoisotopic (exact) mass is 450 g/mol. The van der Waals surface area contributed by atoms with Crippen LogP contribution in [0.4, 0.5) is 11.4 Å². The van der Waals surface area contributed by atoms with Crippen molar-refractivity contribution in [3.8, 4) is 11.5 Å². The number of para-hydroxylation sites is 2. The molecule has 1 aliphatic carbocycles. The molecule has 3 atom stereocenters. The largest absolute Gasteiger partial charge is 0.493 e. The fraction of sp³-hybridized carbons (Fsp3) is 0.385. The van der Waals surface area contributed by atoms with Crippen LogP contribution in [0.3, 0.4) is 0 Å². The Bertz CT molecular complexity index is 1110. The van der Waals surface area contributed by atoms with Gasteiger partial charge in [0.1, 0.15) is 5.92 Å². The summed E-state index contributed by atoms with van der Waals surface area (Å²) in [6.07, 6.45) is 0.548. The van der Waals surface area contributed by atoms with Crippen molar-refractivity contribution in [2.75, 3.05) is 24.9 Å². The van der Waals surface area contributed by atoms with Crippen molar-refractivity contribution in [2.24, 2.45) is 11.8 Å². The van der Waals surface area contributed by atoms with Gasteiger partial charge >= 0.3 is 5.97 Å². The molecule has 0 fully saturated rings. The maximum Gasteiger partial charge on any atom is 0.316 e. The minimum Gasteiger partial charge on any atom is -0.493 e. The Balaban J connectivity index is 1.85. The second-order valence-electron chi connectivity index (χ2n) is 8.76.